The van der Waals surface area contributed by atoms with Crippen molar-refractivity contribution >= 4 is 15.9 Å². The van der Waals surface area contributed by atoms with Gasteiger partial charge in [-0.25, -0.2) is 4.72 Å². The highest BCUT2D eigenvalue weighted by atomic mass is 32.2. The van der Waals surface area contributed by atoms with Crippen molar-refractivity contribution in [3.8, 4) is 0 Å². The Hall–Kier alpha value is -1.79. The fourth-order valence-electron chi connectivity index (χ4n) is 1.60. The Kier molecular flexibility index (Phi) is 6.85. The van der Waals surface area contributed by atoms with Gasteiger partial charge in [0.05, 0.1) is 12.2 Å². The molecule has 0 aliphatic heterocycles. The molecule has 24 heavy (non-hydrogen) atoms. The van der Waals surface area contributed by atoms with Gasteiger partial charge in [0.25, 0.3) is 0 Å². The van der Waals surface area contributed by atoms with Gasteiger partial charge in [0, 0.05) is 13.0 Å². The van der Waals surface area contributed by atoms with Crippen molar-refractivity contribution in [3.63, 3.8) is 0 Å². The molecular weight excluding hydrogens is 368 g/mol. The monoisotopic (exact) mass is 384 g/mol. The number of aryl methyl sites for hydroxylation is 2. The molecule has 0 radical (unpaired) electrons. The Labute approximate surface area is 134 Å². The lowest BCUT2D eigenvalue weighted by atomic mass is 10.4. The van der Waals surface area contributed by atoms with Crippen LogP contribution < -0.4 is 9.40 Å². The zero-order valence-corrected chi connectivity index (χ0v) is 13.9. The number of sulfonamides is 1. The molecule has 1 heterocycles. The van der Waals surface area contributed by atoms with E-state index in [-0.39, 0.29) is 4.72 Å². The van der Waals surface area contributed by atoms with Gasteiger partial charge in [-0.15, -0.1) is 4.68 Å². The molecule has 0 saturated carbocycles. The number of amides is 1. The van der Waals surface area contributed by atoms with Crippen LogP contribution in [-0.2, 0) is 28.4 Å². The summed E-state index contributed by atoms with van der Waals surface area (Å²) in [5, 5.41) is 0. The lowest BCUT2D eigenvalue weighted by Gasteiger charge is -2.10. The van der Waals surface area contributed by atoms with E-state index >= 15 is 0 Å². The normalized spacial score (nSPS) is 12.4. The minimum atomic E-state index is -6.30. The minimum Gasteiger partial charge on any atom is -0.263 e. The highest BCUT2D eigenvalue weighted by Gasteiger charge is 2.51. The van der Waals surface area contributed by atoms with Crippen LogP contribution in [0, 0.1) is 13.8 Å². The highest BCUT2D eigenvalue weighted by molar-refractivity contribution is 7.90. The van der Waals surface area contributed by atoms with Gasteiger partial charge in [-0.2, -0.15) is 39.4 Å². The first-order chi connectivity index (χ1) is 10.5. The van der Waals surface area contributed by atoms with Crippen molar-refractivity contribution in [2.75, 3.05) is 0 Å². The molecule has 0 aromatic carbocycles. The van der Waals surface area contributed by atoms with Gasteiger partial charge in [0.1, 0.15) is 0 Å². The topological polar surface area (TPSA) is 72.0 Å². The smallest absolute Gasteiger partial charge is 0.263 e. The third-order valence-corrected chi connectivity index (χ3v) is 3.85. The van der Waals surface area contributed by atoms with Crippen LogP contribution in [0.4, 0.5) is 26.3 Å². The highest BCUT2D eigenvalue weighted by Crippen LogP contribution is 2.23. The zero-order valence-electron chi connectivity index (χ0n) is 13.1. The summed E-state index contributed by atoms with van der Waals surface area (Å²) in [5.74, 6) is -3.20. The fraction of sp³-hybridized carbons (Fsp3) is 0.636. The average molecular weight is 384 g/mol. The van der Waals surface area contributed by atoms with E-state index in [1.54, 1.807) is 0 Å². The van der Waals surface area contributed by atoms with Gasteiger partial charge in [-0.1, -0.05) is 0 Å². The molecule has 0 saturated heterocycles. The molecule has 140 valence electrons. The van der Waals surface area contributed by atoms with Crippen molar-refractivity contribution in [1.29, 1.82) is 0 Å². The van der Waals surface area contributed by atoms with Crippen LogP contribution in [-0.4, -0.2) is 30.7 Å². The molecule has 1 N–H and O–H groups in total. The van der Waals surface area contributed by atoms with Gasteiger partial charge in [-0.05, 0) is 13.8 Å². The fourth-order valence-corrected chi connectivity index (χ4v) is 2.07. The number of carbonyl (C=O) groups excluding carboxylic acids is 1. The molecule has 0 spiro atoms. The third kappa shape index (κ3) is 5.69. The van der Waals surface area contributed by atoms with E-state index in [2.05, 4.69) is 43.2 Å². The van der Waals surface area contributed by atoms with Crippen molar-refractivity contribution in [2.45, 2.75) is 39.0 Å². The Balaban J connectivity index is 0.000000463. The predicted molar refractivity (Wildman–Crippen MR) is 69.9 cm³/mol. The number of carbonyl (C=O) groups is 1. The molecule has 0 unspecified atom stereocenters. The van der Waals surface area contributed by atoms with E-state index in [4.69, 9.17) is 0 Å². The first-order valence-electron chi connectivity index (χ1n) is 6.27. The van der Waals surface area contributed by atoms with E-state index in [1.807, 2.05) is 0 Å². The first kappa shape index (κ1) is 22.2. The second kappa shape index (κ2) is 7.40. The summed E-state index contributed by atoms with van der Waals surface area (Å²) in [6, 6.07) is 2.20. The Morgan fingerprint density at radius 1 is 1.21 bits per heavy atom. The predicted octanol–water partition coefficient (Wildman–Crippen LogP) is 1.46. The van der Waals surface area contributed by atoms with Crippen molar-refractivity contribution in [3.05, 3.63) is 17.5 Å². The molecule has 0 aliphatic rings. The summed E-state index contributed by atoms with van der Waals surface area (Å²) in [6.45, 7) is 7.47. The van der Waals surface area contributed by atoms with Crippen LogP contribution in [0.15, 0.2) is 6.07 Å². The molecule has 0 fully saturated rings. The molecule has 6 nitrogen and oxygen atoms in total. The number of alkyl halides is 6. The van der Waals surface area contributed by atoms with Crippen LogP contribution in [0.25, 0.3) is 0 Å². The third-order valence-electron chi connectivity index (χ3n) is 2.79. The summed E-state index contributed by atoms with van der Waals surface area (Å²) in [4.78, 5) is 9.81. The SMILES string of the molecule is CCn1c(C)cc(C)[n+]1C.O=C(NS(=O)(=O)C(F)(F)F)C(F)(F)F. The van der Waals surface area contributed by atoms with Crippen molar-refractivity contribution < 1.29 is 44.2 Å². The largest absolute Gasteiger partial charge is 0.516 e. The maximum absolute atomic E-state index is 11.4. The maximum Gasteiger partial charge on any atom is 0.516 e. The van der Waals surface area contributed by atoms with E-state index in [9.17, 15) is 39.6 Å². The van der Waals surface area contributed by atoms with Crippen molar-refractivity contribution in [2.24, 2.45) is 7.05 Å². The quantitative estimate of drug-likeness (QED) is 0.620. The molecule has 1 amide bonds. The standard InChI is InChI=1S/C8H15N2.C3HF6NO3S/c1-5-10-8(3)6-7(2)9(10)4;4-2(5,6)1(11)10-14(12,13)3(7,8)9/h6H,5H2,1-4H3;(H,10,11)/q+1;. The summed E-state index contributed by atoms with van der Waals surface area (Å²) in [6.07, 6.45) is -5.70. The number of aromatic nitrogens is 2. The van der Waals surface area contributed by atoms with Gasteiger partial charge in [0.2, 0.25) is 5.69 Å². The molecule has 0 atom stereocenters. The lowest BCUT2D eigenvalue weighted by molar-refractivity contribution is -0.758. The number of hydrogen-bond donors (Lipinski definition) is 1. The van der Waals surface area contributed by atoms with Crippen LogP contribution in [0.1, 0.15) is 18.3 Å². The van der Waals surface area contributed by atoms with Crippen molar-refractivity contribution in [1.82, 2.24) is 9.40 Å². The summed E-state index contributed by atoms with van der Waals surface area (Å²) in [5.41, 5.74) is -3.31. The molecule has 0 aliphatic carbocycles. The molecular formula is C11H16F6N3O3S+. The van der Waals surface area contributed by atoms with Gasteiger partial charge < -0.3 is 0 Å². The first-order valence-corrected chi connectivity index (χ1v) is 7.76. The van der Waals surface area contributed by atoms with Crippen LogP contribution in [0.5, 0.6) is 0 Å². The van der Waals surface area contributed by atoms with E-state index in [0.29, 0.717) is 0 Å². The Morgan fingerprint density at radius 2 is 1.67 bits per heavy atom. The van der Waals surface area contributed by atoms with E-state index in [1.165, 1.54) is 11.4 Å². The molecule has 13 heteroatoms. The van der Waals surface area contributed by atoms with Crippen LogP contribution in [0.2, 0.25) is 0 Å². The maximum atomic E-state index is 11.4. The van der Waals surface area contributed by atoms with Crippen LogP contribution >= 0.6 is 0 Å². The van der Waals surface area contributed by atoms with Gasteiger partial charge in [0.15, 0.2) is 7.05 Å². The molecule has 0 bridgehead atoms. The second-order valence-electron chi connectivity index (χ2n) is 4.54. The summed E-state index contributed by atoms with van der Waals surface area (Å²) < 4.78 is 92.4. The Morgan fingerprint density at radius 3 is 1.88 bits per heavy atom. The second-order valence-corrected chi connectivity index (χ2v) is 6.22. The number of rotatable bonds is 2. The molecule has 1 rings (SSSR count). The molecule has 1 aromatic rings. The number of halogens is 6. The summed E-state index contributed by atoms with van der Waals surface area (Å²) in [7, 11) is -4.21. The van der Waals surface area contributed by atoms with Gasteiger partial charge >= 0.3 is 27.6 Å². The lowest BCUT2D eigenvalue weighted by Crippen LogP contribution is -2.46. The molecule has 1 aromatic heterocycles. The zero-order chi connectivity index (χ0) is 19.5. The number of hydrogen-bond acceptors (Lipinski definition) is 3. The van der Waals surface area contributed by atoms with E-state index in [0.717, 1.165) is 6.54 Å². The minimum absolute atomic E-state index is 0.181. The number of nitrogens with one attached hydrogen (secondary N) is 1. The number of nitrogens with zero attached hydrogens (tertiary/aromatic N) is 2. The van der Waals surface area contributed by atoms with Gasteiger partial charge in [-0.3, -0.25) is 4.79 Å². The summed E-state index contributed by atoms with van der Waals surface area (Å²) >= 11 is 0. The average Bonchev–Trinajstić information content (AvgIpc) is 2.60. The van der Waals surface area contributed by atoms with E-state index < -0.39 is 27.6 Å². The van der Waals surface area contributed by atoms with Crippen LogP contribution in [0.3, 0.4) is 0 Å². The Bertz CT molecular complexity index is 691.